The van der Waals surface area contributed by atoms with Gasteiger partial charge in [0.25, 0.3) is 0 Å². The molecule has 1 atom stereocenters. The molecule has 10 nitrogen and oxygen atoms in total. The van der Waals surface area contributed by atoms with Gasteiger partial charge in [0.05, 0.1) is 11.3 Å². The van der Waals surface area contributed by atoms with Crippen LogP contribution in [0, 0.1) is 11.6 Å². The third-order valence-corrected chi connectivity index (χ3v) is 10.4. The van der Waals surface area contributed by atoms with Crippen LogP contribution in [0.5, 0.6) is 0 Å². The third-order valence-electron chi connectivity index (χ3n) is 7.39. The highest BCUT2D eigenvalue weighted by molar-refractivity contribution is 7.89. The van der Waals surface area contributed by atoms with Crippen LogP contribution in [0.2, 0.25) is 0 Å². The van der Waals surface area contributed by atoms with E-state index in [9.17, 15) is 26.8 Å². The van der Waals surface area contributed by atoms with Gasteiger partial charge in [-0.2, -0.15) is 0 Å². The van der Waals surface area contributed by atoms with E-state index < -0.39 is 33.0 Å². The van der Waals surface area contributed by atoms with Gasteiger partial charge in [0, 0.05) is 52.2 Å². The molecule has 1 unspecified atom stereocenters. The van der Waals surface area contributed by atoms with Gasteiger partial charge in [-0.15, -0.1) is 0 Å². The van der Waals surface area contributed by atoms with Gasteiger partial charge in [0.2, 0.25) is 21.7 Å². The van der Waals surface area contributed by atoms with Gasteiger partial charge in [0.1, 0.15) is 22.3 Å². The average Bonchev–Trinajstić information content (AvgIpc) is 3.50. The fraction of sp³-hybridized carbons (Fsp3) is 0.560. The molecule has 1 aromatic heterocycles. The number of piperidine rings is 1. The molecule has 214 valence electrons. The van der Waals surface area contributed by atoms with E-state index in [2.05, 4.69) is 15.2 Å². The van der Waals surface area contributed by atoms with Crippen molar-refractivity contribution >= 4 is 44.0 Å². The van der Waals surface area contributed by atoms with Crippen LogP contribution < -0.4 is 11.1 Å². The minimum absolute atomic E-state index is 0.0348. The summed E-state index contributed by atoms with van der Waals surface area (Å²) < 4.78 is 55.4. The van der Waals surface area contributed by atoms with E-state index in [0.29, 0.717) is 44.0 Å². The quantitative estimate of drug-likeness (QED) is 0.408. The summed E-state index contributed by atoms with van der Waals surface area (Å²) in [6, 6.07) is 3.27. The summed E-state index contributed by atoms with van der Waals surface area (Å²) in [5.74, 6) is -2.83. The molecule has 0 aliphatic carbocycles. The first-order chi connectivity index (χ1) is 18.5. The Hall–Kier alpha value is -2.68. The molecule has 39 heavy (non-hydrogen) atoms. The van der Waals surface area contributed by atoms with E-state index in [1.165, 1.54) is 10.4 Å². The van der Waals surface area contributed by atoms with Crippen LogP contribution in [0.1, 0.15) is 47.8 Å². The lowest BCUT2D eigenvalue weighted by atomic mass is 10.1. The second kappa shape index (κ2) is 12.2. The predicted octanol–water partition coefficient (Wildman–Crippen LogP) is 2.38. The van der Waals surface area contributed by atoms with Crippen molar-refractivity contribution in [1.82, 2.24) is 19.1 Å². The number of nitrogen functional groups attached to an aromatic ring is 1. The molecule has 2 aliphatic rings. The average molecular weight is 585 g/mol. The number of ketones is 1. The summed E-state index contributed by atoms with van der Waals surface area (Å²) in [6.45, 7) is 4.53. The van der Waals surface area contributed by atoms with Gasteiger partial charge < -0.3 is 20.9 Å². The standard InChI is InChI=1S/C25H34F2N6O4S2/c1-16(34)31(2)18-9-11-32(15-18)10-4-14-39(36,37)33-12-7-17(8-13-33)29-25-30-24(28)23(38-25)22(35)21-19(26)5-3-6-20(21)27/h3,5-6,17-18H,4,7-15,28H2,1-2H3,(H,29,30). The molecule has 3 N–H and O–H groups in total. The Morgan fingerprint density at radius 3 is 2.49 bits per heavy atom. The van der Waals surface area contributed by atoms with E-state index >= 15 is 0 Å². The van der Waals surface area contributed by atoms with Crippen molar-refractivity contribution < 1.29 is 26.8 Å². The SMILES string of the molecule is CC(=O)N(C)C1CCN(CCCS(=O)(=O)N2CCC(Nc3nc(N)c(C(=O)c4c(F)cccc4F)s3)CC2)C1. The molecule has 3 heterocycles. The normalized spacial score (nSPS) is 19.3. The lowest BCUT2D eigenvalue weighted by molar-refractivity contribution is -0.129. The number of sulfonamides is 1. The molecule has 1 aromatic carbocycles. The molecule has 2 aliphatic heterocycles. The number of rotatable bonds is 10. The molecule has 1 amide bonds. The van der Waals surface area contributed by atoms with Crippen molar-refractivity contribution in [2.45, 2.75) is 44.7 Å². The smallest absolute Gasteiger partial charge is 0.219 e. The number of aromatic nitrogens is 1. The van der Waals surface area contributed by atoms with Crippen LogP contribution in [0.25, 0.3) is 0 Å². The monoisotopic (exact) mass is 584 g/mol. The number of nitrogens with two attached hydrogens (primary N) is 1. The zero-order chi connectivity index (χ0) is 28.3. The number of carbonyl (C=O) groups is 2. The largest absolute Gasteiger partial charge is 0.382 e. The van der Waals surface area contributed by atoms with E-state index in [0.717, 1.165) is 43.0 Å². The van der Waals surface area contributed by atoms with Crippen molar-refractivity contribution in [3.8, 4) is 0 Å². The number of likely N-dealkylation sites (N-methyl/N-ethyl adjacent to an activating group) is 1. The number of benzene rings is 1. The molecule has 2 fully saturated rings. The van der Waals surface area contributed by atoms with Gasteiger partial charge in [0.15, 0.2) is 5.13 Å². The van der Waals surface area contributed by atoms with E-state index in [-0.39, 0.29) is 34.4 Å². The highest BCUT2D eigenvalue weighted by atomic mass is 32.2. The molecule has 2 saturated heterocycles. The minimum Gasteiger partial charge on any atom is -0.382 e. The molecule has 0 spiro atoms. The van der Waals surface area contributed by atoms with Crippen molar-refractivity contribution in [1.29, 1.82) is 0 Å². The number of hydrogen-bond donors (Lipinski definition) is 2. The fourth-order valence-corrected chi connectivity index (χ4v) is 7.45. The van der Waals surface area contributed by atoms with Gasteiger partial charge in [-0.05, 0) is 44.4 Å². The van der Waals surface area contributed by atoms with Gasteiger partial charge >= 0.3 is 0 Å². The Morgan fingerprint density at radius 1 is 1.18 bits per heavy atom. The van der Waals surface area contributed by atoms with Gasteiger partial charge in [-0.25, -0.2) is 26.5 Å². The summed E-state index contributed by atoms with van der Waals surface area (Å²) in [7, 11) is -1.60. The number of anilines is 2. The maximum Gasteiger partial charge on any atom is 0.219 e. The van der Waals surface area contributed by atoms with E-state index in [1.54, 1.807) is 18.9 Å². The molecule has 0 bridgehead atoms. The first kappa shape index (κ1) is 29.3. The van der Waals surface area contributed by atoms with E-state index in [4.69, 9.17) is 5.73 Å². The maximum absolute atomic E-state index is 14.1. The first-order valence-corrected chi connectivity index (χ1v) is 15.3. The topological polar surface area (TPSA) is 129 Å². The Balaban J connectivity index is 1.25. The highest BCUT2D eigenvalue weighted by Gasteiger charge is 2.31. The number of likely N-dealkylation sites (tertiary alicyclic amines) is 1. The molecular formula is C25H34F2N6O4S2. The lowest BCUT2D eigenvalue weighted by Crippen LogP contribution is -2.43. The second-order valence-electron chi connectivity index (χ2n) is 10.0. The Morgan fingerprint density at radius 2 is 1.85 bits per heavy atom. The number of hydrogen-bond acceptors (Lipinski definition) is 9. The second-order valence-corrected chi connectivity index (χ2v) is 13.1. The van der Waals surface area contributed by atoms with Crippen LogP contribution in [-0.2, 0) is 14.8 Å². The van der Waals surface area contributed by atoms with Crippen LogP contribution in [0.4, 0.5) is 19.7 Å². The van der Waals surface area contributed by atoms with E-state index in [1.807, 2.05) is 0 Å². The summed E-state index contributed by atoms with van der Waals surface area (Å²) in [5.41, 5.74) is 5.20. The van der Waals surface area contributed by atoms with Crippen molar-refractivity contribution in [3.63, 3.8) is 0 Å². The number of halogens is 2. The number of carbonyl (C=O) groups excluding carboxylic acids is 2. The van der Waals surface area contributed by atoms with Gasteiger partial charge in [-0.3, -0.25) is 9.59 Å². The third kappa shape index (κ3) is 6.91. The Bertz CT molecular complexity index is 1290. The van der Waals surface area contributed by atoms with Crippen molar-refractivity contribution in [3.05, 3.63) is 40.3 Å². The number of thiazole rings is 1. The minimum atomic E-state index is -3.40. The zero-order valence-corrected chi connectivity index (χ0v) is 23.7. The predicted molar refractivity (Wildman–Crippen MR) is 146 cm³/mol. The molecule has 4 rings (SSSR count). The van der Waals surface area contributed by atoms with Crippen molar-refractivity contribution in [2.75, 3.05) is 56.6 Å². The number of nitrogens with one attached hydrogen (secondary N) is 1. The fourth-order valence-electron chi connectivity index (χ4n) is 5.03. The van der Waals surface area contributed by atoms with Crippen molar-refractivity contribution in [2.24, 2.45) is 0 Å². The maximum atomic E-state index is 14.1. The molecular weight excluding hydrogens is 550 g/mol. The summed E-state index contributed by atoms with van der Waals surface area (Å²) in [5, 5.41) is 3.52. The van der Waals surface area contributed by atoms with Crippen LogP contribution in [0.3, 0.4) is 0 Å². The summed E-state index contributed by atoms with van der Waals surface area (Å²) in [4.78, 5) is 32.3. The first-order valence-electron chi connectivity index (χ1n) is 12.9. The van der Waals surface area contributed by atoms with Gasteiger partial charge in [-0.1, -0.05) is 17.4 Å². The van der Waals surface area contributed by atoms with Crippen LogP contribution in [0.15, 0.2) is 18.2 Å². The van der Waals surface area contributed by atoms with Crippen LogP contribution >= 0.6 is 11.3 Å². The molecule has 0 radical (unpaired) electrons. The Kier molecular flexibility index (Phi) is 9.19. The summed E-state index contributed by atoms with van der Waals surface area (Å²) >= 11 is 0.918. The Labute approximate surface area is 231 Å². The summed E-state index contributed by atoms with van der Waals surface area (Å²) in [6.07, 6.45) is 2.49. The number of nitrogens with zero attached hydrogens (tertiary/aromatic N) is 4. The lowest BCUT2D eigenvalue weighted by Gasteiger charge is -2.31. The zero-order valence-electron chi connectivity index (χ0n) is 22.0. The molecule has 2 aromatic rings. The molecule has 0 saturated carbocycles. The highest BCUT2D eigenvalue weighted by Crippen LogP contribution is 2.30. The number of amides is 1. The van der Waals surface area contributed by atoms with Crippen LogP contribution in [-0.4, -0.2) is 96.8 Å². The molecule has 14 heteroatoms.